The highest BCUT2D eigenvalue weighted by Crippen LogP contribution is 2.47. The molecule has 3 amide bonds. The van der Waals surface area contributed by atoms with Gasteiger partial charge in [0.2, 0.25) is 5.91 Å². The number of para-hydroxylation sites is 1. The molecule has 1 aromatic heterocycles. The highest BCUT2D eigenvalue weighted by atomic mass is 16.2. The summed E-state index contributed by atoms with van der Waals surface area (Å²) in [5, 5.41) is 3.76. The first kappa shape index (κ1) is 28.1. The fraction of sp³-hybridized carbons (Fsp3) is 0.286. The number of anilines is 1. The van der Waals surface area contributed by atoms with E-state index < -0.39 is 17.6 Å². The quantitative estimate of drug-likeness (QED) is 0.298. The lowest BCUT2D eigenvalue weighted by Crippen LogP contribution is -2.51. The number of likely N-dealkylation sites (N-methyl/N-ethyl adjacent to an activating group) is 1. The number of rotatable bonds is 6. The highest BCUT2D eigenvalue weighted by molar-refractivity contribution is 6.07. The van der Waals surface area contributed by atoms with E-state index in [1.807, 2.05) is 86.6 Å². The number of hydrogen-bond donors (Lipinski definition) is 1. The Labute approximate surface area is 251 Å². The van der Waals surface area contributed by atoms with Crippen LogP contribution in [0.25, 0.3) is 27.0 Å². The second kappa shape index (κ2) is 11.0. The molecule has 0 radical (unpaired) electrons. The van der Waals surface area contributed by atoms with E-state index in [1.54, 1.807) is 19.2 Å². The van der Waals surface area contributed by atoms with Crippen molar-refractivity contribution >= 4 is 34.3 Å². The van der Waals surface area contributed by atoms with Crippen molar-refractivity contribution in [2.24, 2.45) is 5.92 Å². The van der Waals surface area contributed by atoms with Gasteiger partial charge in [-0.3, -0.25) is 24.1 Å². The molecule has 3 aromatic carbocycles. The summed E-state index contributed by atoms with van der Waals surface area (Å²) in [5.41, 5.74) is 3.65. The van der Waals surface area contributed by atoms with Gasteiger partial charge >= 0.3 is 6.17 Å². The minimum Gasteiger partial charge on any atom is -0.330 e. The predicted octanol–water partition coefficient (Wildman–Crippen LogP) is 5.76. The van der Waals surface area contributed by atoms with Crippen molar-refractivity contribution in [1.82, 2.24) is 14.8 Å². The molecule has 3 atom stereocenters. The van der Waals surface area contributed by atoms with E-state index in [1.165, 1.54) is 9.80 Å². The van der Waals surface area contributed by atoms with E-state index in [9.17, 15) is 14.4 Å². The molecular weight excluding hydrogens is 538 g/mol. The van der Waals surface area contributed by atoms with Crippen LogP contribution < -0.4 is 5.32 Å². The number of carbonyl (C=O) groups excluding carboxylic acids is 3. The zero-order valence-electron chi connectivity index (χ0n) is 24.4. The monoisotopic (exact) mass is 571 g/mol. The van der Waals surface area contributed by atoms with Crippen molar-refractivity contribution in [2.75, 3.05) is 18.9 Å². The molecule has 8 nitrogen and oxygen atoms in total. The largest absolute Gasteiger partial charge is 0.330 e. The first-order valence-corrected chi connectivity index (χ1v) is 14.5. The maximum atomic E-state index is 14.2. The van der Waals surface area contributed by atoms with Crippen LogP contribution in [0, 0.1) is 12.5 Å². The minimum absolute atomic E-state index is 0.101. The third-order valence-electron chi connectivity index (χ3n) is 8.66. The normalized spacial score (nSPS) is 19.7. The standard InChI is InChI=1S/C35H33N5O3/c1-22(2)18-30(33(42)40-21-35(20-31(40)36-3)26-12-8-9-13-29(26)38-34(35)43)39(4)32(41)25-15-17-28-24(19-25)14-16-27(37-28)23-10-6-5-7-11-23/h5-17,19,22,30-31H,18,20-21H2,1-2,4H3,(H,38,43)/t30-,31-,35-/m0/s1. The van der Waals surface area contributed by atoms with Crippen LogP contribution in [0.1, 0.15) is 42.6 Å². The fourth-order valence-corrected chi connectivity index (χ4v) is 6.39. The summed E-state index contributed by atoms with van der Waals surface area (Å²) in [6, 6.07) is 25.8. The number of benzene rings is 3. The Morgan fingerprint density at radius 3 is 2.56 bits per heavy atom. The van der Waals surface area contributed by atoms with Crippen molar-refractivity contribution in [3.05, 3.63) is 107 Å². The third-order valence-corrected chi connectivity index (χ3v) is 8.66. The Morgan fingerprint density at radius 1 is 1.07 bits per heavy atom. The summed E-state index contributed by atoms with van der Waals surface area (Å²) in [7, 11) is 1.64. The SMILES string of the molecule is [C-]#[N+][C@@H]1C[C@@]2(CN1C(=O)[C@H](CC(C)C)N(C)C(=O)c1ccc3nc(-c4ccccc4)ccc3c1)C(=O)Nc1ccccc12. The summed E-state index contributed by atoms with van der Waals surface area (Å²) in [4.78, 5) is 52.9. The zero-order chi connectivity index (χ0) is 30.3. The number of nitrogens with zero attached hydrogens (tertiary/aromatic N) is 4. The number of aromatic nitrogens is 1. The lowest BCUT2D eigenvalue weighted by molar-refractivity contribution is -0.136. The van der Waals surface area contributed by atoms with E-state index in [4.69, 9.17) is 11.6 Å². The molecule has 6 rings (SSSR count). The lowest BCUT2D eigenvalue weighted by atomic mass is 9.80. The topological polar surface area (TPSA) is 87.0 Å². The number of fused-ring (bicyclic) bond motifs is 3. The van der Waals surface area contributed by atoms with Gasteiger partial charge in [0.1, 0.15) is 11.5 Å². The summed E-state index contributed by atoms with van der Waals surface area (Å²) in [6.45, 7) is 12.0. The Bertz CT molecular complexity index is 1780. The Balaban J connectivity index is 1.28. The highest BCUT2D eigenvalue weighted by Gasteiger charge is 2.59. The van der Waals surface area contributed by atoms with Gasteiger partial charge < -0.3 is 10.2 Å². The van der Waals surface area contributed by atoms with Gasteiger partial charge in [0.05, 0.1) is 17.6 Å². The van der Waals surface area contributed by atoms with Crippen molar-refractivity contribution in [1.29, 1.82) is 0 Å². The van der Waals surface area contributed by atoms with Crippen LogP contribution in [0.5, 0.6) is 0 Å². The number of amides is 3. The third kappa shape index (κ3) is 4.91. The first-order valence-electron chi connectivity index (χ1n) is 14.5. The summed E-state index contributed by atoms with van der Waals surface area (Å²) in [5.74, 6) is -0.678. The average molecular weight is 572 g/mol. The maximum Gasteiger partial charge on any atom is 0.302 e. The van der Waals surface area contributed by atoms with E-state index in [2.05, 4.69) is 10.2 Å². The molecule has 1 N–H and O–H groups in total. The van der Waals surface area contributed by atoms with Crippen LogP contribution in [0.3, 0.4) is 0 Å². The van der Waals surface area contributed by atoms with Gasteiger partial charge in [0.15, 0.2) is 0 Å². The van der Waals surface area contributed by atoms with E-state index >= 15 is 0 Å². The second-order valence-corrected chi connectivity index (χ2v) is 11.9. The van der Waals surface area contributed by atoms with Gasteiger partial charge in [-0.05, 0) is 48.2 Å². The molecule has 0 bridgehead atoms. The van der Waals surface area contributed by atoms with Gasteiger partial charge in [-0.1, -0.05) is 68.4 Å². The van der Waals surface area contributed by atoms with Crippen LogP contribution in [0.15, 0.2) is 84.9 Å². The van der Waals surface area contributed by atoms with Crippen LogP contribution >= 0.6 is 0 Å². The van der Waals surface area contributed by atoms with Gasteiger partial charge in [-0.15, -0.1) is 0 Å². The van der Waals surface area contributed by atoms with Crippen LogP contribution in [-0.4, -0.2) is 58.3 Å². The smallest absolute Gasteiger partial charge is 0.302 e. The fourth-order valence-electron chi connectivity index (χ4n) is 6.39. The number of nitrogens with one attached hydrogen (secondary N) is 1. The van der Waals surface area contributed by atoms with Crippen molar-refractivity contribution < 1.29 is 14.4 Å². The van der Waals surface area contributed by atoms with Crippen molar-refractivity contribution in [3.8, 4) is 11.3 Å². The van der Waals surface area contributed by atoms with Gasteiger partial charge in [-0.2, -0.15) is 0 Å². The van der Waals surface area contributed by atoms with Gasteiger partial charge in [-0.25, -0.2) is 11.6 Å². The number of hydrogen-bond acceptors (Lipinski definition) is 4. The summed E-state index contributed by atoms with van der Waals surface area (Å²) in [6.07, 6.45) is -0.152. The molecule has 216 valence electrons. The Morgan fingerprint density at radius 2 is 1.81 bits per heavy atom. The van der Waals surface area contributed by atoms with Crippen molar-refractivity contribution in [3.63, 3.8) is 0 Å². The van der Waals surface area contributed by atoms with Crippen molar-refractivity contribution in [2.45, 2.75) is 44.3 Å². The number of likely N-dealkylation sites (tertiary alicyclic amines) is 1. The minimum atomic E-state index is -0.976. The molecule has 1 saturated heterocycles. The van der Waals surface area contributed by atoms with Crippen LogP contribution in [-0.2, 0) is 15.0 Å². The van der Waals surface area contributed by atoms with Crippen LogP contribution in [0.4, 0.5) is 5.69 Å². The molecule has 1 spiro atoms. The molecule has 0 unspecified atom stereocenters. The summed E-state index contributed by atoms with van der Waals surface area (Å²) >= 11 is 0. The second-order valence-electron chi connectivity index (χ2n) is 11.9. The number of carbonyl (C=O) groups is 3. The van der Waals surface area contributed by atoms with Gasteiger partial charge in [0, 0.05) is 35.8 Å². The average Bonchev–Trinajstić information content (AvgIpc) is 3.56. The lowest BCUT2D eigenvalue weighted by Gasteiger charge is -2.32. The molecule has 3 heterocycles. The summed E-state index contributed by atoms with van der Waals surface area (Å²) < 4.78 is 0. The molecule has 1 fully saturated rings. The molecular formula is C35H33N5O3. The Kier molecular flexibility index (Phi) is 7.18. The maximum absolute atomic E-state index is 14.2. The van der Waals surface area contributed by atoms with Crippen LogP contribution in [0.2, 0.25) is 0 Å². The molecule has 0 aliphatic carbocycles. The molecule has 8 heteroatoms. The first-order chi connectivity index (χ1) is 20.7. The molecule has 0 saturated carbocycles. The van der Waals surface area contributed by atoms with E-state index in [0.29, 0.717) is 12.0 Å². The molecule has 43 heavy (non-hydrogen) atoms. The number of pyridine rings is 1. The predicted molar refractivity (Wildman–Crippen MR) is 166 cm³/mol. The van der Waals surface area contributed by atoms with E-state index in [-0.39, 0.29) is 36.6 Å². The molecule has 4 aromatic rings. The molecule has 2 aliphatic rings. The zero-order valence-corrected chi connectivity index (χ0v) is 24.4. The van der Waals surface area contributed by atoms with Gasteiger partial charge in [0.25, 0.3) is 11.8 Å². The Hall–Kier alpha value is -5.03. The van der Waals surface area contributed by atoms with E-state index in [0.717, 1.165) is 33.4 Å². The molecule has 2 aliphatic heterocycles.